The van der Waals surface area contributed by atoms with Gasteiger partial charge in [0, 0.05) is 6.08 Å². The zero-order valence-electron chi connectivity index (χ0n) is 13.3. The molecule has 14 heteroatoms. The molecular weight excluding hydrogens is 426 g/mol. The van der Waals surface area contributed by atoms with E-state index in [1.54, 1.807) is 0 Å². The van der Waals surface area contributed by atoms with Crippen LogP contribution in [0.2, 0.25) is 0 Å². The van der Waals surface area contributed by atoms with Crippen molar-refractivity contribution in [1.29, 1.82) is 0 Å². The Morgan fingerprint density at radius 2 is 1.57 bits per heavy atom. The van der Waals surface area contributed by atoms with Gasteiger partial charge in [-0.05, 0) is 12.1 Å². The fraction of sp³-hybridized carbons (Fsp3) is 0.286. The molecule has 0 aliphatic heterocycles. The van der Waals surface area contributed by atoms with Crippen molar-refractivity contribution in [3.05, 3.63) is 42.5 Å². The predicted molar refractivity (Wildman–Crippen MR) is 77.1 cm³/mol. The van der Waals surface area contributed by atoms with Crippen molar-refractivity contribution in [2.24, 2.45) is 0 Å². The Kier molecular flexibility index (Phi) is 6.52. The minimum absolute atomic E-state index is 0.585. The lowest BCUT2D eigenvalue weighted by atomic mass is 10.1. The largest absolute Gasteiger partial charge is 0.748 e. The summed E-state index contributed by atoms with van der Waals surface area (Å²) >= 11 is 0. The van der Waals surface area contributed by atoms with Gasteiger partial charge in [0.05, 0.1) is 15.9 Å². The van der Waals surface area contributed by atoms with E-state index in [9.17, 15) is 48.9 Å². The maximum Gasteiger partial charge on any atom is 0.438 e. The van der Waals surface area contributed by atoms with Crippen molar-refractivity contribution in [1.82, 2.24) is 0 Å². The molecule has 0 aliphatic carbocycles. The first kappa shape index (κ1) is 23.4. The molecule has 0 N–H and O–H groups in total. The van der Waals surface area contributed by atoms with E-state index in [0.29, 0.717) is 12.1 Å². The summed E-state index contributed by atoms with van der Waals surface area (Å²) in [5.74, 6) is -7.49. The zero-order chi connectivity index (χ0) is 22.0. The molecule has 0 radical (unpaired) electrons. The van der Waals surface area contributed by atoms with Crippen LogP contribution in [0.15, 0.2) is 36.9 Å². The van der Waals surface area contributed by atoms with Gasteiger partial charge in [-0.1, -0.05) is 18.7 Å². The number of ether oxygens (including phenoxy) is 2. The first-order valence-corrected chi connectivity index (χ1v) is 8.35. The van der Waals surface area contributed by atoms with Crippen molar-refractivity contribution in [2.75, 3.05) is 5.75 Å². The number of carbonyl (C=O) groups is 2. The third kappa shape index (κ3) is 5.22. The Labute approximate surface area is 153 Å². The molecule has 156 valence electrons. The molecule has 0 heterocycles. The molecule has 0 saturated heterocycles. The second-order valence-electron chi connectivity index (χ2n) is 5.04. The first-order valence-electron chi connectivity index (χ1n) is 6.78. The van der Waals surface area contributed by atoms with Gasteiger partial charge < -0.3 is 14.0 Å². The van der Waals surface area contributed by atoms with E-state index >= 15 is 0 Å². The van der Waals surface area contributed by atoms with Crippen LogP contribution in [0, 0.1) is 0 Å². The highest BCUT2D eigenvalue weighted by Crippen LogP contribution is 2.47. The fourth-order valence-corrected chi connectivity index (χ4v) is 2.69. The molecule has 7 nitrogen and oxygen atoms in total. The van der Waals surface area contributed by atoms with Gasteiger partial charge >= 0.3 is 29.9 Å². The Hall–Kier alpha value is -2.61. The highest BCUT2D eigenvalue weighted by Gasteiger charge is 2.75. The summed E-state index contributed by atoms with van der Waals surface area (Å²) in [6.07, 6.45) is -12.5. The maximum atomic E-state index is 13.1. The summed E-state index contributed by atoms with van der Waals surface area (Å²) in [5, 5.41) is 0. The van der Waals surface area contributed by atoms with E-state index in [-0.39, 0.29) is 0 Å². The average molecular weight is 435 g/mol. The van der Waals surface area contributed by atoms with Crippen molar-refractivity contribution < 1.29 is 58.4 Å². The highest BCUT2D eigenvalue weighted by atomic mass is 32.2. The number of carbonyl (C=O) groups excluding carboxylic acids is 2. The summed E-state index contributed by atoms with van der Waals surface area (Å²) < 4.78 is 119. The van der Waals surface area contributed by atoms with Crippen molar-refractivity contribution >= 4 is 22.1 Å². The molecular formula is C14H9F6O7S-. The van der Waals surface area contributed by atoms with E-state index in [1.807, 2.05) is 0 Å². The van der Waals surface area contributed by atoms with E-state index in [0.717, 1.165) is 18.2 Å². The number of alkyl halides is 6. The molecule has 0 atom stereocenters. The monoisotopic (exact) mass is 435 g/mol. The predicted octanol–water partition coefficient (Wildman–Crippen LogP) is 2.34. The summed E-state index contributed by atoms with van der Waals surface area (Å²) in [6, 6.07) is 3.59. The standard InChI is InChI=1S/C14H10F6O7S/c1-2-10(21)26-9-6-4-3-5-8(9)11(22)27-12(13(15,16)17,14(18,19)20)7-28(23,24)25/h2-6H,1,7H2,(H,23,24,25)/p-1. The second kappa shape index (κ2) is 7.79. The molecule has 0 aromatic heterocycles. The number of hydrogen-bond donors (Lipinski definition) is 0. The smallest absolute Gasteiger partial charge is 0.438 e. The van der Waals surface area contributed by atoms with E-state index in [1.165, 1.54) is 0 Å². The van der Waals surface area contributed by atoms with E-state index in [2.05, 4.69) is 16.1 Å². The molecule has 1 rings (SSSR count). The quantitative estimate of drug-likeness (QED) is 0.222. The summed E-state index contributed by atoms with van der Waals surface area (Å²) in [4.78, 5) is 23.2. The molecule has 0 unspecified atom stereocenters. The molecule has 0 saturated carbocycles. The molecule has 1 aromatic carbocycles. The molecule has 0 aliphatic rings. The molecule has 1 aromatic rings. The minimum Gasteiger partial charge on any atom is -0.748 e. The minimum atomic E-state index is -6.52. The van der Waals surface area contributed by atoms with Crippen molar-refractivity contribution in [3.63, 3.8) is 0 Å². The third-order valence-corrected chi connectivity index (χ3v) is 3.81. The van der Waals surface area contributed by atoms with Crippen LogP contribution in [0.5, 0.6) is 5.75 Å². The number of halogens is 6. The molecule has 0 bridgehead atoms. The van der Waals surface area contributed by atoms with Crippen LogP contribution in [-0.4, -0.2) is 48.6 Å². The van der Waals surface area contributed by atoms with Crippen molar-refractivity contribution in [3.8, 4) is 5.75 Å². The number of esters is 2. The van der Waals surface area contributed by atoms with Crippen LogP contribution in [0.4, 0.5) is 26.3 Å². The van der Waals surface area contributed by atoms with Crippen LogP contribution in [0.25, 0.3) is 0 Å². The number of hydrogen-bond acceptors (Lipinski definition) is 7. The lowest BCUT2D eigenvalue weighted by Gasteiger charge is -2.36. The molecule has 0 fully saturated rings. The average Bonchev–Trinajstić information content (AvgIpc) is 2.51. The fourth-order valence-electron chi connectivity index (χ4n) is 1.81. The zero-order valence-corrected chi connectivity index (χ0v) is 14.2. The molecule has 0 spiro atoms. The number of rotatable bonds is 6. The number of benzene rings is 1. The van der Waals surface area contributed by atoms with E-state index < -0.39 is 57.1 Å². The lowest BCUT2D eigenvalue weighted by Crippen LogP contribution is -2.63. The van der Waals surface area contributed by atoms with Crippen molar-refractivity contribution in [2.45, 2.75) is 18.0 Å². The Morgan fingerprint density at radius 1 is 1.07 bits per heavy atom. The summed E-state index contributed by atoms with van der Waals surface area (Å²) in [5.41, 5.74) is -6.72. The van der Waals surface area contributed by atoms with Crippen LogP contribution in [0.1, 0.15) is 10.4 Å². The van der Waals surface area contributed by atoms with Gasteiger partial charge in [-0.3, -0.25) is 0 Å². The van der Waals surface area contributed by atoms with Gasteiger partial charge in [-0.25, -0.2) is 18.0 Å². The van der Waals surface area contributed by atoms with Crippen LogP contribution in [0.3, 0.4) is 0 Å². The normalized spacial score (nSPS) is 13.0. The van der Waals surface area contributed by atoms with Gasteiger partial charge in [0.15, 0.2) is 0 Å². The Balaban J connectivity index is 3.51. The molecule has 28 heavy (non-hydrogen) atoms. The Bertz CT molecular complexity index is 859. The maximum absolute atomic E-state index is 13.1. The molecule has 0 amide bonds. The van der Waals surface area contributed by atoms with Gasteiger partial charge in [-0.15, -0.1) is 0 Å². The van der Waals surface area contributed by atoms with Gasteiger partial charge in [0.25, 0.3) is 0 Å². The first-order chi connectivity index (χ1) is 12.5. The van der Waals surface area contributed by atoms with Gasteiger partial charge in [0.1, 0.15) is 11.3 Å². The topological polar surface area (TPSA) is 110 Å². The third-order valence-electron chi connectivity index (χ3n) is 3.05. The highest BCUT2D eigenvalue weighted by molar-refractivity contribution is 7.85. The number of para-hydroxylation sites is 1. The van der Waals surface area contributed by atoms with Crippen LogP contribution < -0.4 is 4.74 Å². The van der Waals surface area contributed by atoms with Gasteiger partial charge in [-0.2, -0.15) is 26.3 Å². The lowest BCUT2D eigenvalue weighted by molar-refractivity contribution is -0.356. The second-order valence-corrected chi connectivity index (χ2v) is 6.44. The van der Waals surface area contributed by atoms with Crippen LogP contribution >= 0.6 is 0 Å². The van der Waals surface area contributed by atoms with Gasteiger partial charge in [0.2, 0.25) is 0 Å². The van der Waals surface area contributed by atoms with E-state index in [4.69, 9.17) is 0 Å². The van der Waals surface area contributed by atoms with Crippen LogP contribution in [-0.2, 0) is 19.6 Å². The summed E-state index contributed by atoms with van der Waals surface area (Å²) in [6.45, 7) is 3.01. The summed E-state index contributed by atoms with van der Waals surface area (Å²) in [7, 11) is -6.17. The SMILES string of the molecule is C=CC(=O)Oc1ccccc1C(=O)OC(CS(=O)(=O)[O-])(C(F)(F)F)C(F)(F)F. The Morgan fingerprint density at radius 3 is 2.00 bits per heavy atom.